The summed E-state index contributed by atoms with van der Waals surface area (Å²) >= 11 is 0. The first-order chi connectivity index (χ1) is 12.2. The summed E-state index contributed by atoms with van der Waals surface area (Å²) in [4.78, 5) is 15.6. The second kappa shape index (κ2) is 8.27. The van der Waals surface area contributed by atoms with Crippen molar-refractivity contribution in [3.05, 3.63) is 29.6 Å². The van der Waals surface area contributed by atoms with E-state index in [0.717, 1.165) is 44.1 Å². The minimum absolute atomic E-state index is 0.0500. The number of aromatic nitrogens is 5. The van der Waals surface area contributed by atoms with Crippen molar-refractivity contribution >= 4 is 5.97 Å². The number of carboxylic acid groups (broad SMARTS) is 1. The van der Waals surface area contributed by atoms with Crippen molar-refractivity contribution in [3.63, 3.8) is 0 Å². The van der Waals surface area contributed by atoms with Crippen LogP contribution in [0.15, 0.2) is 12.4 Å². The molecule has 0 fully saturated rings. The van der Waals surface area contributed by atoms with Crippen molar-refractivity contribution in [2.75, 3.05) is 6.54 Å². The molecular weight excluding hydrogens is 357 g/mol. The Hall–Kier alpha value is -2.47. The zero-order chi connectivity index (χ0) is 19.3. The fraction of sp³-hybridized carbons (Fsp3) is 0.571. The van der Waals surface area contributed by atoms with Crippen molar-refractivity contribution in [1.29, 1.82) is 0 Å². The lowest BCUT2D eigenvalue weighted by Crippen LogP contribution is -2.25. The van der Waals surface area contributed by atoms with Crippen LogP contribution in [0.1, 0.15) is 23.6 Å². The van der Waals surface area contributed by atoms with Crippen LogP contribution in [0.25, 0.3) is 0 Å². The van der Waals surface area contributed by atoms with Crippen molar-refractivity contribution in [3.8, 4) is 0 Å². The number of halogens is 3. The van der Waals surface area contributed by atoms with Gasteiger partial charge in [0.25, 0.3) is 0 Å². The Kier molecular flexibility index (Phi) is 6.32. The number of hydrogen-bond acceptors (Lipinski definition) is 6. The van der Waals surface area contributed by atoms with Gasteiger partial charge < -0.3 is 14.8 Å². The normalized spacial score (nSPS) is 15.0. The summed E-state index contributed by atoms with van der Waals surface area (Å²) in [6.45, 7) is 3.38. The van der Waals surface area contributed by atoms with Crippen molar-refractivity contribution in [1.82, 2.24) is 29.4 Å². The molecule has 0 amide bonds. The van der Waals surface area contributed by atoms with Gasteiger partial charge in [-0.05, 0) is 6.42 Å². The number of imidazole rings is 1. The van der Waals surface area contributed by atoms with Crippen LogP contribution in [0.2, 0.25) is 0 Å². The van der Waals surface area contributed by atoms with Gasteiger partial charge in [-0.1, -0.05) is 5.21 Å². The van der Waals surface area contributed by atoms with Gasteiger partial charge in [-0.25, -0.2) is 14.5 Å². The smallest absolute Gasteiger partial charge is 0.475 e. The fourth-order valence-corrected chi connectivity index (χ4v) is 2.46. The van der Waals surface area contributed by atoms with Gasteiger partial charge >= 0.3 is 12.1 Å². The molecule has 0 spiro atoms. The monoisotopic (exact) mass is 376 g/mol. The Morgan fingerprint density at radius 3 is 2.58 bits per heavy atom. The van der Waals surface area contributed by atoms with Gasteiger partial charge in [0, 0.05) is 39.1 Å². The molecule has 1 aliphatic rings. The molecule has 1 aliphatic heterocycles. The first-order valence-corrected chi connectivity index (χ1v) is 7.73. The first-order valence-electron chi connectivity index (χ1n) is 7.73. The summed E-state index contributed by atoms with van der Waals surface area (Å²) in [6, 6.07) is 0. The van der Waals surface area contributed by atoms with E-state index in [1.54, 1.807) is 0 Å². The summed E-state index contributed by atoms with van der Waals surface area (Å²) in [5.74, 6) is -1.71. The molecule has 26 heavy (non-hydrogen) atoms. The highest BCUT2D eigenvalue weighted by atomic mass is 19.4. The van der Waals surface area contributed by atoms with Crippen LogP contribution in [0, 0.1) is 0 Å². The highest BCUT2D eigenvalue weighted by molar-refractivity contribution is 5.73. The molecule has 0 unspecified atom stereocenters. The lowest BCUT2D eigenvalue weighted by atomic mass is 10.3. The van der Waals surface area contributed by atoms with E-state index in [1.165, 1.54) is 0 Å². The molecule has 0 aromatic carbocycles. The second-order valence-corrected chi connectivity index (χ2v) is 5.69. The largest absolute Gasteiger partial charge is 0.490 e. The minimum Gasteiger partial charge on any atom is -0.475 e. The Labute approximate surface area is 146 Å². The summed E-state index contributed by atoms with van der Waals surface area (Å²) in [6.07, 6.45) is -0.276. The predicted molar refractivity (Wildman–Crippen MR) is 81.6 cm³/mol. The lowest BCUT2D eigenvalue weighted by molar-refractivity contribution is -0.192. The molecule has 12 heteroatoms. The molecule has 0 bridgehead atoms. The van der Waals surface area contributed by atoms with Crippen molar-refractivity contribution < 1.29 is 28.2 Å². The van der Waals surface area contributed by atoms with Crippen LogP contribution < -0.4 is 0 Å². The molecule has 2 aromatic rings. The number of carboxylic acids is 1. The minimum atomic E-state index is -5.08. The SMILES string of the molecule is Cn1ccnc1CN1CCCn2nnc(CO)c2C1.O=C(O)C(F)(F)F. The van der Waals surface area contributed by atoms with E-state index in [1.807, 2.05) is 28.7 Å². The van der Waals surface area contributed by atoms with Crippen LogP contribution in [0.5, 0.6) is 0 Å². The fourth-order valence-electron chi connectivity index (χ4n) is 2.46. The molecule has 144 valence electrons. The quantitative estimate of drug-likeness (QED) is 0.805. The van der Waals surface area contributed by atoms with E-state index in [-0.39, 0.29) is 6.61 Å². The van der Waals surface area contributed by atoms with Crippen molar-refractivity contribution in [2.45, 2.75) is 38.8 Å². The number of carbonyl (C=O) groups is 1. The van der Waals surface area contributed by atoms with Crippen LogP contribution in [0.3, 0.4) is 0 Å². The molecule has 2 N–H and O–H groups in total. The number of aliphatic carboxylic acids is 1. The number of alkyl halides is 3. The lowest BCUT2D eigenvalue weighted by Gasteiger charge is -2.19. The zero-order valence-electron chi connectivity index (χ0n) is 14.0. The standard InChI is InChI=1S/C12H18N6O.C2HF3O2/c1-16-6-3-13-12(16)8-17-4-2-5-18-11(7-17)10(9-19)14-15-18;3-2(4,5)1(6)7/h3,6,19H,2,4-5,7-9H2,1H3;(H,6,7). The number of fused-ring (bicyclic) bond motifs is 1. The second-order valence-electron chi connectivity index (χ2n) is 5.69. The van der Waals surface area contributed by atoms with E-state index >= 15 is 0 Å². The maximum Gasteiger partial charge on any atom is 0.490 e. The maximum atomic E-state index is 10.6. The number of rotatable bonds is 3. The summed E-state index contributed by atoms with van der Waals surface area (Å²) in [7, 11) is 2.01. The summed E-state index contributed by atoms with van der Waals surface area (Å²) in [5.41, 5.74) is 1.71. The highest BCUT2D eigenvalue weighted by Gasteiger charge is 2.38. The van der Waals surface area contributed by atoms with Crippen molar-refractivity contribution in [2.24, 2.45) is 7.05 Å². The Morgan fingerprint density at radius 1 is 1.35 bits per heavy atom. The molecule has 2 aromatic heterocycles. The molecule has 0 radical (unpaired) electrons. The topological polar surface area (TPSA) is 109 Å². The number of aryl methyl sites for hydroxylation is 2. The Morgan fingerprint density at radius 2 is 2.04 bits per heavy atom. The third-order valence-corrected chi connectivity index (χ3v) is 3.81. The number of hydrogen-bond donors (Lipinski definition) is 2. The third-order valence-electron chi connectivity index (χ3n) is 3.81. The van der Waals surface area contributed by atoms with Gasteiger partial charge in [0.1, 0.15) is 11.5 Å². The molecule has 0 atom stereocenters. The van der Waals surface area contributed by atoms with Gasteiger partial charge in [0.05, 0.1) is 18.8 Å². The predicted octanol–water partition coefficient (Wildman–Crippen LogP) is 0.543. The number of aliphatic hydroxyl groups excluding tert-OH is 1. The van der Waals surface area contributed by atoms with Gasteiger partial charge in [0.2, 0.25) is 0 Å². The zero-order valence-corrected chi connectivity index (χ0v) is 14.0. The summed E-state index contributed by atoms with van der Waals surface area (Å²) in [5, 5.41) is 24.6. The number of aliphatic hydroxyl groups is 1. The van der Waals surface area contributed by atoms with Gasteiger partial charge in [0.15, 0.2) is 0 Å². The molecule has 9 nitrogen and oxygen atoms in total. The van der Waals surface area contributed by atoms with Gasteiger partial charge in [-0.3, -0.25) is 4.90 Å². The van der Waals surface area contributed by atoms with E-state index < -0.39 is 12.1 Å². The molecule has 0 saturated carbocycles. The van der Waals surface area contributed by atoms with Crippen LogP contribution in [-0.4, -0.2) is 58.3 Å². The average Bonchev–Trinajstić information content (AvgIpc) is 3.08. The van der Waals surface area contributed by atoms with E-state index in [9.17, 15) is 18.3 Å². The van der Waals surface area contributed by atoms with Gasteiger partial charge in [-0.15, -0.1) is 5.10 Å². The highest BCUT2D eigenvalue weighted by Crippen LogP contribution is 2.16. The van der Waals surface area contributed by atoms with E-state index in [2.05, 4.69) is 20.2 Å². The first kappa shape index (κ1) is 19.8. The third kappa shape index (κ3) is 5.02. The number of nitrogens with zero attached hydrogens (tertiary/aromatic N) is 6. The Balaban J connectivity index is 0.000000298. The van der Waals surface area contributed by atoms with E-state index in [0.29, 0.717) is 5.69 Å². The molecule has 3 rings (SSSR count). The molecule has 3 heterocycles. The van der Waals surface area contributed by atoms with Gasteiger partial charge in [-0.2, -0.15) is 13.2 Å². The average molecular weight is 376 g/mol. The maximum absolute atomic E-state index is 10.6. The van der Waals surface area contributed by atoms with Crippen LogP contribution in [-0.2, 0) is 38.1 Å². The van der Waals surface area contributed by atoms with Crippen LogP contribution >= 0.6 is 0 Å². The summed E-state index contributed by atoms with van der Waals surface area (Å²) < 4.78 is 35.7. The molecule has 0 saturated heterocycles. The molecular formula is C14H19F3N6O3. The Bertz CT molecular complexity index is 743. The van der Waals surface area contributed by atoms with E-state index in [4.69, 9.17) is 9.90 Å². The van der Waals surface area contributed by atoms with Crippen LogP contribution in [0.4, 0.5) is 13.2 Å². The molecule has 0 aliphatic carbocycles.